The van der Waals surface area contributed by atoms with Crippen LogP contribution in [-0.4, -0.2) is 53.5 Å². The number of hydrogen-bond acceptors (Lipinski definition) is 5. The Kier molecular flexibility index (Phi) is 7.35. The van der Waals surface area contributed by atoms with E-state index in [0.717, 1.165) is 16.3 Å². The normalized spacial score (nSPS) is 16.1. The minimum Gasteiger partial charge on any atom is -0.466 e. The average Bonchev–Trinajstić information content (AvgIpc) is 2.73. The molecule has 1 aliphatic rings. The third kappa shape index (κ3) is 5.33. The molecule has 2 aromatic carbocycles. The van der Waals surface area contributed by atoms with Crippen molar-refractivity contribution in [2.45, 2.75) is 32.2 Å². The third-order valence-corrected chi connectivity index (χ3v) is 5.23. The molecule has 1 atom stereocenters. The van der Waals surface area contributed by atoms with Gasteiger partial charge in [0.15, 0.2) is 5.11 Å². The van der Waals surface area contributed by atoms with Gasteiger partial charge in [-0.2, -0.15) is 0 Å². The van der Waals surface area contributed by atoms with Crippen molar-refractivity contribution in [2.24, 2.45) is 0 Å². The highest BCUT2D eigenvalue weighted by Crippen LogP contribution is 2.19. The highest BCUT2D eigenvalue weighted by atomic mass is 32.1. The van der Waals surface area contributed by atoms with Gasteiger partial charge >= 0.3 is 5.97 Å². The van der Waals surface area contributed by atoms with Crippen LogP contribution >= 0.6 is 12.2 Å². The molecule has 2 aromatic rings. The van der Waals surface area contributed by atoms with Crippen LogP contribution in [0.15, 0.2) is 42.5 Å². The van der Waals surface area contributed by atoms with E-state index in [9.17, 15) is 14.4 Å². The second-order valence-corrected chi connectivity index (χ2v) is 7.48. The number of carbonyl (C=O) groups is 3. The molecule has 0 bridgehead atoms. The number of amides is 2. The number of thiocarbonyl (C=S) groups is 1. The molecule has 0 aliphatic carbocycles. The number of benzene rings is 2. The van der Waals surface area contributed by atoms with Crippen LogP contribution < -0.4 is 10.6 Å². The predicted molar refractivity (Wildman–Crippen MR) is 118 cm³/mol. The van der Waals surface area contributed by atoms with Gasteiger partial charge in [-0.15, -0.1) is 0 Å². The Labute approximate surface area is 180 Å². The van der Waals surface area contributed by atoms with Crippen molar-refractivity contribution in [2.75, 3.05) is 19.7 Å². The van der Waals surface area contributed by atoms with E-state index < -0.39 is 12.0 Å². The number of piperazine rings is 1. The summed E-state index contributed by atoms with van der Waals surface area (Å²) in [5.41, 5.74) is 0.893. The Hall–Kier alpha value is -3.00. The summed E-state index contributed by atoms with van der Waals surface area (Å²) in [5.74, 6) is -1.04. The summed E-state index contributed by atoms with van der Waals surface area (Å²) in [5, 5.41) is 7.66. The summed E-state index contributed by atoms with van der Waals surface area (Å²) in [6, 6.07) is 12.9. The van der Waals surface area contributed by atoms with E-state index in [1.165, 1.54) is 0 Å². The lowest BCUT2D eigenvalue weighted by Crippen LogP contribution is -2.60. The quantitative estimate of drug-likeness (QED) is 0.541. The zero-order chi connectivity index (χ0) is 21.5. The molecule has 158 valence electrons. The first-order valence-electron chi connectivity index (χ1n) is 10.00. The Bertz CT molecular complexity index is 957. The second-order valence-electron chi connectivity index (χ2n) is 7.09. The van der Waals surface area contributed by atoms with Gasteiger partial charge in [0.05, 0.1) is 19.4 Å². The van der Waals surface area contributed by atoms with E-state index >= 15 is 0 Å². The molecule has 0 radical (unpaired) electrons. The maximum absolute atomic E-state index is 12.6. The topological polar surface area (TPSA) is 87.7 Å². The minimum atomic E-state index is -0.798. The molecule has 2 N–H and O–H groups in total. The van der Waals surface area contributed by atoms with Crippen LogP contribution in [0.2, 0.25) is 0 Å². The highest BCUT2D eigenvalue weighted by molar-refractivity contribution is 7.80. The molecular formula is C22H25N3O4S. The monoisotopic (exact) mass is 427 g/mol. The first kappa shape index (κ1) is 21.7. The van der Waals surface area contributed by atoms with Gasteiger partial charge in [-0.25, -0.2) is 0 Å². The van der Waals surface area contributed by atoms with Crippen LogP contribution in [0.3, 0.4) is 0 Å². The zero-order valence-corrected chi connectivity index (χ0v) is 17.7. The van der Waals surface area contributed by atoms with Crippen molar-refractivity contribution in [1.82, 2.24) is 15.5 Å². The number of hydrogen-bond donors (Lipinski definition) is 2. The first-order valence-corrected chi connectivity index (χ1v) is 10.4. The Morgan fingerprint density at radius 1 is 1.23 bits per heavy atom. The molecule has 7 nitrogen and oxygen atoms in total. The number of nitrogens with one attached hydrogen (secondary N) is 2. The van der Waals surface area contributed by atoms with E-state index in [4.69, 9.17) is 17.0 Å². The van der Waals surface area contributed by atoms with E-state index in [2.05, 4.69) is 10.6 Å². The van der Waals surface area contributed by atoms with Crippen molar-refractivity contribution < 1.29 is 19.1 Å². The standard InChI is InChI=1S/C22H25N3O4S/c1-2-12-29-20(27)14-18-21(28)23-10-11-25(18)22(30)24-19(26)13-16-8-5-7-15-6-3-4-9-17(15)16/h3-9,18H,2,10-14H2,1H3,(H,23,28)(H,24,26,30). The average molecular weight is 428 g/mol. The number of ether oxygens (including phenoxy) is 1. The molecule has 0 spiro atoms. The molecule has 8 heteroatoms. The molecule has 30 heavy (non-hydrogen) atoms. The maximum atomic E-state index is 12.6. The molecule has 1 unspecified atom stereocenters. The molecule has 1 aliphatic heterocycles. The van der Waals surface area contributed by atoms with Gasteiger partial charge in [0.1, 0.15) is 6.04 Å². The van der Waals surface area contributed by atoms with Crippen molar-refractivity contribution in [3.8, 4) is 0 Å². The van der Waals surface area contributed by atoms with Gasteiger partial charge in [0, 0.05) is 13.1 Å². The Morgan fingerprint density at radius 2 is 2.00 bits per heavy atom. The summed E-state index contributed by atoms with van der Waals surface area (Å²) < 4.78 is 5.10. The van der Waals surface area contributed by atoms with E-state index in [1.807, 2.05) is 49.4 Å². The van der Waals surface area contributed by atoms with Gasteiger partial charge in [-0.3, -0.25) is 14.4 Å². The molecule has 2 amide bonds. The molecule has 0 aromatic heterocycles. The van der Waals surface area contributed by atoms with Crippen molar-refractivity contribution in [1.29, 1.82) is 0 Å². The number of esters is 1. The van der Waals surface area contributed by atoms with Gasteiger partial charge in [-0.05, 0) is 35.0 Å². The van der Waals surface area contributed by atoms with Crippen molar-refractivity contribution in [3.05, 3.63) is 48.0 Å². The van der Waals surface area contributed by atoms with Gasteiger partial charge in [-0.1, -0.05) is 49.4 Å². The summed E-state index contributed by atoms with van der Waals surface area (Å²) in [4.78, 5) is 38.6. The van der Waals surface area contributed by atoms with Crippen LogP contribution in [0.5, 0.6) is 0 Å². The number of carbonyl (C=O) groups excluding carboxylic acids is 3. The lowest BCUT2D eigenvalue weighted by molar-refractivity contribution is -0.147. The maximum Gasteiger partial charge on any atom is 0.308 e. The van der Waals surface area contributed by atoms with Crippen LogP contribution in [0.25, 0.3) is 10.8 Å². The molecule has 0 saturated carbocycles. The van der Waals surface area contributed by atoms with E-state index in [-0.39, 0.29) is 29.8 Å². The summed E-state index contributed by atoms with van der Waals surface area (Å²) in [7, 11) is 0. The van der Waals surface area contributed by atoms with Gasteiger partial charge < -0.3 is 20.3 Å². The highest BCUT2D eigenvalue weighted by Gasteiger charge is 2.34. The van der Waals surface area contributed by atoms with Crippen LogP contribution in [0, 0.1) is 0 Å². The fourth-order valence-electron chi connectivity index (χ4n) is 3.45. The van der Waals surface area contributed by atoms with E-state index in [1.54, 1.807) is 4.90 Å². The first-order chi connectivity index (χ1) is 14.5. The van der Waals surface area contributed by atoms with Crippen LogP contribution in [-0.2, 0) is 25.5 Å². The zero-order valence-electron chi connectivity index (χ0n) is 16.8. The van der Waals surface area contributed by atoms with E-state index in [0.29, 0.717) is 26.1 Å². The molecular weight excluding hydrogens is 402 g/mol. The summed E-state index contributed by atoms with van der Waals surface area (Å²) in [6.07, 6.45) is 0.741. The van der Waals surface area contributed by atoms with Crippen LogP contribution in [0.1, 0.15) is 25.3 Å². The summed E-state index contributed by atoms with van der Waals surface area (Å²) in [6.45, 7) is 3.00. The molecule has 1 fully saturated rings. The van der Waals surface area contributed by atoms with Crippen molar-refractivity contribution >= 4 is 45.9 Å². The van der Waals surface area contributed by atoms with Gasteiger partial charge in [0.25, 0.3) is 0 Å². The molecule has 3 rings (SSSR count). The fourth-order valence-corrected chi connectivity index (χ4v) is 3.78. The minimum absolute atomic E-state index is 0.120. The number of nitrogens with zero attached hydrogens (tertiary/aromatic N) is 1. The van der Waals surface area contributed by atoms with Gasteiger partial charge in [0.2, 0.25) is 11.8 Å². The summed E-state index contributed by atoms with van der Waals surface area (Å²) >= 11 is 5.39. The smallest absolute Gasteiger partial charge is 0.308 e. The lowest BCUT2D eigenvalue weighted by Gasteiger charge is -2.36. The largest absolute Gasteiger partial charge is 0.466 e. The second kappa shape index (κ2) is 10.2. The SMILES string of the molecule is CCCOC(=O)CC1C(=O)NCCN1C(=S)NC(=O)Cc1cccc2ccccc12. The lowest BCUT2D eigenvalue weighted by atomic mass is 10.0. The van der Waals surface area contributed by atoms with Crippen molar-refractivity contribution in [3.63, 3.8) is 0 Å². The number of rotatable bonds is 6. The predicted octanol–water partition coefficient (Wildman–Crippen LogP) is 1.93. The molecule has 1 heterocycles. The molecule has 1 saturated heterocycles. The third-order valence-electron chi connectivity index (χ3n) is 4.90. The fraction of sp³-hybridized carbons (Fsp3) is 0.364. The number of fused-ring (bicyclic) bond motifs is 1. The Morgan fingerprint density at radius 3 is 2.80 bits per heavy atom. The Balaban J connectivity index is 1.66. The van der Waals surface area contributed by atoms with Crippen LogP contribution in [0.4, 0.5) is 0 Å².